The van der Waals surface area contributed by atoms with E-state index < -0.39 is 0 Å². The van der Waals surface area contributed by atoms with Gasteiger partial charge in [0, 0.05) is 12.4 Å². The van der Waals surface area contributed by atoms with Crippen LogP contribution < -0.4 is 0 Å². The van der Waals surface area contributed by atoms with E-state index in [4.69, 9.17) is 0 Å². The van der Waals surface area contributed by atoms with Gasteiger partial charge >= 0.3 is 0 Å². The maximum atomic E-state index is 3.78. The van der Waals surface area contributed by atoms with Crippen LogP contribution in [0.3, 0.4) is 0 Å². The van der Waals surface area contributed by atoms with Gasteiger partial charge < -0.3 is 0 Å². The molecule has 0 aromatic heterocycles. The summed E-state index contributed by atoms with van der Waals surface area (Å²) >= 11 is 0. The normalized spacial score (nSPS) is 11.0. The predicted molar refractivity (Wildman–Crippen MR) is 33.5 cm³/mol. The molecule has 0 aliphatic carbocycles. The maximum absolute atomic E-state index is 3.78. The van der Waals surface area contributed by atoms with E-state index in [1.807, 2.05) is 13.0 Å². The molecule has 0 saturated carbocycles. The Bertz CT molecular complexity index is 90.4. The first-order chi connectivity index (χ1) is 3.41. The molecule has 0 heterocycles. The van der Waals surface area contributed by atoms with Crippen LogP contribution in [-0.2, 0) is 0 Å². The van der Waals surface area contributed by atoms with Crippen molar-refractivity contribution >= 4 is 6.21 Å². The number of allylic oxidation sites excluding steroid dienone is 2. The number of nitrogens with zero attached hydrogens (tertiary/aromatic N) is 1. The molecule has 1 heteroatoms. The van der Waals surface area contributed by atoms with Gasteiger partial charge in [0.05, 0.1) is 0 Å². The van der Waals surface area contributed by atoms with Crippen LogP contribution in [0.5, 0.6) is 0 Å². The van der Waals surface area contributed by atoms with Crippen molar-refractivity contribution in [3.05, 3.63) is 24.9 Å². The van der Waals surface area contributed by atoms with Crippen molar-refractivity contribution in [2.75, 3.05) is 0 Å². The Morgan fingerprint density at radius 3 is 2.71 bits per heavy atom. The molecule has 0 fully saturated rings. The van der Waals surface area contributed by atoms with Gasteiger partial charge in [-0.1, -0.05) is 18.7 Å². The second kappa shape index (κ2) is 5.15. The number of hydrogen-bond donors (Lipinski definition) is 0. The summed E-state index contributed by atoms with van der Waals surface area (Å²) in [4.78, 5) is 3.78. The van der Waals surface area contributed by atoms with Gasteiger partial charge in [-0.05, 0) is 6.92 Å². The fourth-order valence-electron chi connectivity index (χ4n) is 0.197. The first-order valence-electron chi connectivity index (χ1n) is 2.17. The Labute approximate surface area is 44.1 Å². The lowest BCUT2D eigenvalue weighted by Crippen LogP contribution is -1.54. The number of aliphatic imine (C=N–C) groups is 1. The molecule has 0 aliphatic heterocycles. The summed E-state index contributed by atoms with van der Waals surface area (Å²) in [7, 11) is 0. The maximum Gasteiger partial charge on any atom is 0.0261 e. The van der Waals surface area contributed by atoms with Crippen molar-refractivity contribution in [2.45, 2.75) is 6.92 Å². The SMILES string of the molecule is C=CC=N/C=C/C. The highest BCUT2D eigenvalue weighted by atomic mass is 14.6. The summed E-state index contributed by atoms with van der Waals surface area (Å²) in [5, 5.41) is 0. The van der Waals surface area contributed by atoms with E-state index in [9.17, 15) is 0 Å². The number of hydrogen-bond acceptors (Lipinski definition) is 1. The lowest BCUT2D eigenvalue weighted by Gasteiger charge is -1.66. The summed E-state index contributed by atoms with van der Waals surface area (Å²) in [6.45, 7) is 5.37. The average molecular weight is 95.1 g/mol. The van der Waals surface area contributed by atoms with E-state index >= 15 is 0 Å². The third-order valence-electron chi connectivity index (χ3n) is 0.427. The minimum atomic E-state index is 1.64. The van der Waals surface area contributed by atoms with E-state index in [0.29, 0.717) is 0 Å². The van der Waals surface area contributed by atoms with Crippen molar-refractivity contribution in [3.63, 3.8) is 0 Å². The lowest BCUT2D eigenvalue weighted by atomic mass is 10.7. The minimum absolute atomic E-state index is 1.64. The van der Waals surface area contributed by atoms with Crippen molar-refractivity contribution in [3.8, 4) is 0 Å². The van der Waals surface area contributed by atoms with Gasteiger partial charge in [-0.25, -0.2) is 0 Å². The molecule has 0 unspecified atom stereocenters. The summed E-state index contributed by atoms with van der Waals surface area (Å²) in [6.07, 6.45) is 6.85. The summed E-state index contributed by atoms with van der Waals surface area (Å²) < 4.78 is 0. The van der Waals surface area contributed by atoms with E-state index in [1.165, 1.54) is 0 Å². The lowest BCUT2D eigenvalue weighted by molar-refractivity contribution is 1.55. The van der Waals surface area contributed by atoms with Gasteiger partial charge in [0.25, 0.3) is 0 Å². The van der Waals surface area contributed by atoms with Crippen LogP contribution in [-0.4, -0.2) is 6.21 Å². The molecule has 7 heavy (non-hydrogen) atoms. The van der Waals surface area contributed by atoms with E-state index in [1.54, 1.807) is 18.5 Å². The summed E-state index contributed by atoms with van der Waals surface area (Å²) in [5.74, 6) is 0. The van der Waals surface area contributed by atoms with Crippen LogP contribution in [0.25, 0.3) is 0 Å². The Morgan fingerprint density at radius 1 is 1.57 bits per heavy atom. The highest BCUT2D eigenvalue weighted by molar-refractivity contribution is 5.70. The Kier molecular flexibility index (Phi) is 4.52. The highest BCUT2D eigenvalue weighted by Gasteiger charge is 1.51. The molecule has 0 saturated heterocycles. The molecule has 1 nitrogen and oxygen atoms in total. The van der Waals surface area contributed by atoms with Crippen LogP contribution in [0.4, 0.5) is 0 Å². The predicted octanol–water partition coefficient (Wildman–Crippen LogP) is 1.78. The van der Waals surface area contributed by atoms with E-state index in [-0.39, 0.29) is 0 Å². The Hall–Kier alpha value is -0.850. The second-order valence-electron chi connectivity index (χ2n) is 1.02. The Balaban J connectivity index is 3.27. The molecule has 0 aliphatic rings. The molecule has 0 aromatic carbocycles. The Morgan fingerprint density at radius 2 is 2.29 bits per heavy atom. The zero-order valence-corrected chi connectivity index (χ0v) is 4.46. The molecular formula is C6H9N. The fourth-order valence-corrected chi connectivity index (χ4v) is 0.197. The molecule has 0 N–H and O–H groups in total. The first-order valence-corrected chi connectivity index (χ1v) is 2.17. The minimum Gasteiger partial charge on any atom is -0.265 e. The molecule has 0 rings (SSSR count). The number of rotatable bonds is 2. The molecule has 0 spiro atoms. The van der Waals surface area contributed by atoms with Gasteiger partial charge in [0.2, 0.25) is 0 Å². The van der Waals surface area contributed by atoms with Crippen molar-refractivity contribution < 1.29 is 0 Å². The van der Waals surface area contributed by atoms with Crippen LogP contribution >= 0.6 is 0 Å². The zero-order chi connectivity index (χ0) is 5.54. The largest absolute Gasteiger partial charge is 0.265 e. The molecule has 0 aromatic rings. The fraction of sp³-hybridized carbons (Fsp3) is 0.167. The summed E-state index contributed by atoms with van der Waals surface area (Å²) in [5.41, 5.74) is 0. The molecular weight excluding hydrogens is 86.1 g/mol. The van der Waals surface area contributed by atoms with Gasteiger partial charge in [-0.2, -0.15) is 0 Å². The molecule has 0 radical (unpaired) electrons. The van der Waals surface area contributed by atoms with Crippen LogP contribution in [0.2, 0.25) is 0 Å². The monoisotopic (exact) mass is 95.1 g/mol. The molecule has 0 atom stereocenters. The van der Waals surface area contributed by atoms with Crippen LogP contribution in [0.1, 0.15) is 6.92 Å². The van der Waals surface area contributed by atoms with Crippen molar-refractivity contribution in [2.24, 2.45) is 4.99 Å². The van der Waals surface area contributed by atoms with E-state index in [0.717, 1.165) is 0 Å². The van der Waals surface area contributed by atoms with Crippen molar-refractivity contribution in [1.82, 2.24) is 0 Å². The quantitative estimate of drug-likeness (QED) is 0.463. The van der Waals surface area contributed by atoms with Gasteiger partial charge in [0.1, 0.15) is 0 Å². The van der Waals surface area contributed by atoms with Gasteiger partial charge in [-0.3, -0.25) is 4.99 Å². The van der Waals surface area contributed by atoms with Crippen LogP contribution in [0.15, 0.2) is 29.9 Å². The second-order valence-corrected chi connectivity index (χ2v) is 1.02. The molecule has 0 amide bonds. The third kappa shape index (κ3) is 5.15. The van der Waals surface area contributed by atoms with Gasteiger partial charge in [-0.15, -0.1) is 0 Å². The molecule has 38 valence electrons. The highest BCUT2D eigenvalue weighted by Crippen LogP contribution is 1.68. The smallest absolute Gasteiger partial charge is 0.0261 e. The molecule has 0 bridgehead atoms. The van der Waals surface area contributed by atoms with E-state index in [2.05, 4.69) is 11.6 Å². The topological polar surface area (TPSA) is 12.4 Å². The van der Waals surface area contributed by atoms with Gasteiger partial charge in [0.15, 0.2) is 0 Å². The summed E-state index contributed by atoms with van der Waals surface area (Å²) in [6, 6.07) is 0. The average Bonchev–Trinajstić information content (AvgIpc) is 1.69. The standard InChI is InChI=1S/C6H9N/c1-3-5-7-6-4-2/h3-6H,1H2,2H3/b6-4+,7-5?. The first kappa shape index (κ1) is 6.15. The third-order valence-corrected chi connectivity index (χ3v) is 0.427. The van der Waals surface area contributed by atoms with Crippen LogP contribution in [0, 0.1) is 0 Å². The zero-order valence-electron chi connectivity index (χ0n) is 4.46. The van der Waals surface area contributed by atoms with Crippen molar-refractivity contribution in [1.29, 1.82) is 0 Å².